The van der Waals surface area contributed by atoms with Crippen molar-refractivity contribution in [3.05, 3.63) is 36.5 Å². The zero-order valence-corrected chi connectivity index (χ0v) is 10.2. The Morgan fingerprint density at radius 3 is 2.84 bits per heavy atom. The van der Waals surface area contributed by atoms with Gasteiger partial charge in [-0.25, -0.2) is 0 Å². The molecule has 100 valence electrons. The molecule has 7 nitrogen and oxygen atoms in total. The Bertz CT molecular complexity index is 510. The molecule has 1 heterocycles. The Balaban J connectivity index is 1.65. The summed E-state index contributed by atoms with van der Waals surface area (Å²) in [5.74, 6) is 0.980. The van der Waals surface area contributed by atoms with Crippen LogP contribution in [0.25, 0.3) is 0 Å². The minimum absolute atomic E-state index is 0.139. The first kappa shape index (κ1) is 12.9. The second-order valence-electron chi connectivity index (χ2n) is 3.79. The molecule has 1 amide bonds. The van der Waals surface area contributed by atoms with Gasteiger partial charge in [-0.05, 0) is 24.3 Å². The van der Waals surface area contributed by atoms with E-state index < -0.39 is 0 Å². The highest BCUT2D eigenvalue weighted by Crippen LogP contribution is 2.12. The van der Waals surface area contributed by atoms with Crippen molar-refractivity contribution in [1.29, 1.82) is 0 Å². The molecule has 1 aromatic carbocycles. The van der Waals surface area contributed by atoms with Gasteiger partial charge in [-0.15, -0.1) is 0 Å². The Morgan fingerprint density at radius 1 is 1.37 bits per heavy atom. The van der Waals surface area contributed by atoms with E-state index in [-0.39, 0.29) is 18.9 Å². The molecule has 0 aliphatic heterocycles. The summed E-state index contributed by atoms with van der Waals surface area (Å²) in [5.41, 5.74) is 6.22. The van der Waals surface area contributed by atoms with Gasteiger partial charge in [0.1, 0.15) is 5.75 Å². The van der Waals surface area contributed by atoms with Crippen molar-refractivity contribution in [3.63, 3.8) is 0 Å². The number of anilines is 1. The lowest BCUT2D eigenvalue weighted by atomic mass is 10.3. The maximum Gasteiger partial charge on any atom is 0.223 e. The van der Waals surface area contributed by atoms with Gasteiger partial charge in [-0.2, -0.15) is 4.98 Å². The predicted molar refractivity (Wildman–Crippen MR) is 67.1 cm³/mol. The second kappa shape index (κ2) is 6.39. The summed E-state index contributed by atoms with van der Waals surface area (Å²) in [5, 5.41) is 6.24. The molecule has 0 unspecified atom stereocenters. The molecular weight excluding hydrogens is 248 g/mol. The van der Waals surface area contributed by atoms with Crippen LogP contribution in [-0.4, -0.2) is 22.7 Å². The molecule has 0 bridgehead atoms. The fourth-order valence-electron chi connectivity index (χ4n) is 1.36. The van der Waals surface area contributed by atoms with Crippen LogP contribution in [0.4, 0.5) is 5.69 Å². The number of hydrogen-bond donors (Lipinski definition) is 2. The number of benzene rings is 1. The number of nitrogens with one attached hydrogen (secondary N) is 1. The van der Waals surface area contributed by atoms with Gasteiger partial charge in [-0.3, -0.25) is 4.79 Å². The lowest BCUT2D eigenvalue weighted by molar-refractivity contribution is -0.121. The van der Waals surface area contributed by atoms with E-state index in [4.69, 9.17) is 10.5 Å². The third-order valence-electron chi connectivity index (χ3n) is 2.33. The number of amides is 1. The zero-order valence-electron chi connectivity index (χ0n) is 10.2. The highest BCUT2D eigenvalue weighted by molar-refractivity contribution is 5.75. The molecule has 2 rings (SSSR count). The number of ether oxygens (including phenoxy) is 1. The van der Waals surface area contributed by atoms with Crippen LogP contribution >= 0.6 is 0 Å². The fraction of sp³-hybridized carbons (Fsp3) is 0.250. The van der Waals surface area contributed by atoms with Gasteiger partial charge in [0, 0.05) is 5.69 Å². The highest BCUT2D eigenvalue weighted by atomic mass is 16.5. The monoisotopic (exact) mass is 262 g/mol. The number of aromatic nitrogens is 2. The molecule has 0 aliphatic carbocycles. The smallest absolute Gasteiger partial charge is 0.223 e. The maximum atomic E-state index is 11.5. The van der Waals surface area contributed by atoms with E-state index in [0.717, 1.165) is 0 Å². The van der Waals surface area contributed by atoms with Crippen molar-refractivity contribution in [1.82, 2.24) is 15.5 Å². The van der Waals surface area contributed by atoms with E-state index in [0.29, 0.717) is 23.9 Å². The van der Waals surface area contributed by atoms with Gasteiger partial charge >= 0.3 is 0 Å². The molecule has 0 spiro atoms. The average Bonchev–Trinajstić information content (AvgIpc) is 2.92. The topological polar surface area (TPSA) is 103 Å². The SMILES string of the molecule is Nc1ccc(OCCC(=O)NCc2ncon2)cc1. The number of nitrogens with two attached hydrogens (primary N) is 1. The molecule has 1 aromatic heterocycles. The van der Waals surface area contributed by atoms with Crippen LogP contribution in [0.1, 0.15) is 12.2 Å². The molecule has 19 heavy (non-hydrogen) atoms. The maximum absolute atomic E-state index is 11.5. The van der Waals surface area contributed by atoms with Gasteiger partial charge < -0.3 is 20.3 Å². The van der Waals surface area contributed by atoms with Crippen LogP contribution in [-0.2, 0) is 11.3 Å². The summed E-state index contributed by atoms with van der Waals surface area (Å²) in [4.78, 5) is 15.3. The Morgan fingerprint density at radius 2 is 2.16 bits per heavy atom. The minimum atomic E-state index is -0.139. The third kappa shape index (κ3) is 4.30. The van der Waals surface area contributed by atoms with Gasteiger partial charge in [0.2, 0.25) is 12.3 Å². The van der Waals surface area contributed by atoms with Crippen LogP contribution in [0.2, 0.25) is 0 Å². The van der Waals surface area contributed by atoms with E-state index in [2.05, 4.69) is 20.0 Å². The van der Waals surface area contributed by atoms with Crippen molar-refractivity contribution < 1.29 is 14.1 Å². The van der Waals surface area contributed by atoms with Crippen LogP contribution < -0.4 is 15.8 Å². The zero-order chi connectivity index (χ0) is 13.5. The molecule has 0 radical (unpaired) electrons. The standard InChI is InChI=1S/C12H14N4O3/c13-9-1-3-10(4-2-9)18-6-5-12(17)14-7-11-15-8-19-16-11/h1-4,8H,5-7,13H2,(H,14,17). The Labute approximate surface area is 109 Å². The first-order valence-corrected chi connectivity index (χ1v) is 5.74. The number of rotatable bonds is 6. The Hall–Kier alpha value is -2.57. The number of nitrogen functional groups attached to an aromatic ring is 1. The van der Waals surface area contributed by atoms with E-state index in [9.17, 15) is 4.79 Å². The molecule has 0 aliphatic rings. The average molecular weight is 262 g/mol. The quantitative estimate of drug-likeness (QED) is 0.744. The van der Waals surface area contributed by atoms with Crippen LogP contribution in [0.3, 0.4) is 0 Å². The number of carbonyl (C=O) groups excluding carboxylic acids is 1. The second-order valence-corrected chi connectivity index (χ2v) is 3.79. The number of hydrogen-bond acceptors (Lipinski definition) is 6. The molecule has 0 atom stereocenters. The molecule has 2 aromatic rings. The van der Waals surface area contributed by atoms with Gasteiger partial charge in [0.15, 0.2) is 5.82 Å². The van der Waals surface area contributed by atoms with E-state index in [1.54, 1.807) is 24.3 Å². The lowest BCUT2D eigenvalue weighted by Crippen LogP contribution is -2.24. The molecule has 0 fully saturated rings. The minimum Gasteiger partial charge on any atom is -0.493 e. The first-order chi connectivity index (χ1) is 9.24. The number of nitrogens with zero attached hydrogens (tertiary/aromatic N) is 2. The Kier molecular flexibility index (Phi) is 4.33. The van der Waals surface area contributed by atoms with Crippen LogP contribution in [0, 0.1) is 0 Å². The van der Waals surface area contributed by atoms with Gasteiger partial charge in [0.25, 0.3) is 0 Å². The van der Waals surface area contributed by atoms with Crippen molar-refractivity contribution in [2.45, 2.75) is 13.0 Å². The molecule has 0 saturated heterocycles. The van der Waals surface area contributed by atoms with Crippen molar-refractivity contribution >= 4 is 11.6 Å². The predicted octanol–water partition coefficient (Wildman–Crippen LogP) is 0.737. The van der Waals surface area contributed by atoms with Crippen molar-refractivity contribution in [2.24, 2.45) is 0 Å². The van der Waals surface area contributed by atoms with Gasteiger partial charge in [0.05, 0.1) is 19.6 Å². The normalized spacial score (nSPS) is 10.1. The highest BCUT2D eigenvalue weighted by Gasteiger charge is 2.04. The number of carbonyl (C=O) groups is 1. The summed E-state index contributed by atoms with van der Waals surface area (Å²) in [7, 11) is 0. The summed E-state index contributed by atoms with van der Waals surface area (Å²) < 4.78 is 9.95. The lowest BCUT2D eigenvalue weighted by Gasteiger charge is -2.06. The fourth-order valence-corrected chi connectivity index (χ4v) is 1.36. The molecule has 3 N–H and O–H groups in total. The largest absolute Gasteiger partial charge is 0.493 e. The van der Waals surface area contributed by atoms with Crippen LogP contribution in [0.5, 0.6) is 5.75 Å². The van der Waals surface area contributed by atoms with E-state index in [1.165, 1.54) is 6.39 Å². The first-order valence-electron chi connectivity index (χ1n) is 5.74. The van der Waals surface area contributed by atoms with Gasteiger partial charge in [-0.1, -0.05) is 5.16 Å². The third-order valence-corrected chi connectivity index (χ3v) is 2.33. The molecule has 7 heteroatoms. The summed E-state index contributed by atoms with van der Waals surface area (Å²) in [6.45, 7) is 0.541. The van der Waals surface area contributed by atoms with Crippen LogP contribution in [0.15, 0.2) is 35.2 Å². The molecule has 0 saturated carbocycles. The van der Waals surface area contributed by atoms with E-state index >= 15 is 0 Å². The van der Waals surface area contributed by atoms with E-state index in [1.807, 2.05) is 0 Å². The summed E-state index contributed by atoms with van der Waals surface area (Å²) in [6, 6.07) is 7.00. The van der Waals surface area contributed by atoms with Crippen molar-refractivity contribution in [3.8, 4) is 5.75 Å². The summed E-state index contributed by atoms with van der Waals surface area (Å²) >= 11 is 0. The summed E-state index contributed by atoms with van der Waals surface area (Å²) in [6.07, 6.45) is 1.47. The molecular formula is C12H14N4O3. The van der Waals surface area contributed by atoms with Crippen molar-refractivity contribution in [2.75, 3.05) is 12.3 Å².